The van der Waals surface area contributed by atoms with Crippen LogP contribution in [0.15, 0.2) is 18.2 Å². The summed E-state index contributed by atoms with van der Waals surface area (Å²) in [6.07, 6.45) is 0. The van der Waals surface area contributed by atoms with Gasteiger partial charge in [-0.3, -0.25) is 9.59 Å². The van der Waals surface area contributed by atoms with Crippen LogP contribution in [0, 0.1) is 0 Å². The number of aliphatic hydroxyl groups is 1. The summed E-state index contributed by atoms with van der Waals surface area (Å²) in [6.45, 7) is 1.29. The Labute approximate surface area is 98.3 Å². The quantitative estimate of drug-likeness (QED) is 0.596. The summed E-state index contributed by atoms with van der Waals surface area (Å²) in [5.41, 5.74) is 0.501. The molecule has 0 bridgehead atoms. The summed E-state index contributed by atoms with van der Waals surface area (Å²) in [6, 6.07) is 4.19. The number of benzene rings is 1. The molecule has 17 heavy (non-hydrogen) atoms. The van der Waals surface area contributed by atoms with E-state index in [9.17, 15) is 14.7 Å². The Morgan fingerprint density at radius 1 is 1.35 bits per heavy atom. The summed E-state index contributed by atoms with van der Waals surface area (Å²) < 4.78 is 0. The van der Waals surface area contributed by atoms with Crippen molar-refractivity contribution in [1.82, 2.24) is 5.32 Å². The number of phenolic OH excluding ortho intramolecular Hbond substituents is 1. The first kappa shape index (κ1) is 13.0. The molecule has 0 heterocycles. The standard InChI is InChI=1S/C11H14N2O4/c1-7(15)13-8-2-3-9(10(16)6-8)11(17)12-4-5-14/h2-3,6,14,16H,4-5H2,1H3,(H,12,17)(H,13,15). The van der Waals surface area contributed by atoms with E-state index in [4.69, 9.17) is 5.11 Å². The molecule has 0 radical (unpaired) electrons. The van der Waals surface area contributed by atoms with Gasteiger partial charge in [0.1, 0.15) is 5.75 Å². The number of aromatic hydroxyl groups is 1. The van der Waals surface area contributed by atoms with Crippen LogP contribution in [0.3, 0.4) is 0 Å². The second kappa shape index (κ2) is 5.86. The lowest BCUT2D eigenvalue weighted by Crippen LogP contribution is -2.26. The van der Waals surface area contributed by atoms with Crippen molar-refractivity contribution >= 4 is 17.5 Å². The SMILES string of the molecule is CC(=O)Nc1ccc(C(=O)NCCO)c(O)c1. The maximum Gasteiger partial charge on any atom is 0.255 e. The predicted molar refractivity (Wildman–Crippen MR) is 61.8 cm³/mol. The van der Waals surface area contributed by atoms with Crippen molar-refractivity contribution in [1.29, 1.82) is 0 Å². The Hall–Kier alpha value is -2.08. The van der Waals surface area contributed by atoms with E-state index >= 15 is 0 Å². The van der Waals surface area contributed by atoms with E-state index in [1.54, 1.807) is 0 Å². The molecule has 4 N–H and O–H groups in total. The monoisotopic (exact) mass is 238 g/mol. The van der Waals surface area contributed by atoms with E-state index in [1.807, 2.05) is 0 Å². The number of hydrogen-bond donors (Lipinski definition) is 4. The molecule has 0 unspecified atom stereocenters. The summed E-state index contributed by atoms with van der Waals surface area (Å²) in [5, 5.41) is 23.0. The Morgan fingerprint density at radius 3 is 2.59 bits per heavy atom. The molecule has 1 aromatic carbocycles. The normalized spacial score (nSPS) is 9.76. The molecular formula is C11H14N2O4. The van der Waals surface area contributed by atoms with Crippen LogP contribution in [0.25, 0.3) is 0 Å². The number of nitrogens with one attached hydrogen (secondary N) is 2. The van der Waals surface area contributed by atoms with Crippen LogP contribution < -0.4 is 10.6 Å². The Bertz CT molecular complexity index is 431. The van der Waals surface area contributed by atoms with Crippen molar-refractivity contribution in [2.75, 3.05) is 18.5 Å². The Morgan fingerprint density at radius 2 is 2.06 bits per heavy atom. The van der Waals surface area contributed by atoms with Gasteiger partial charge in [0.25, 0.3) is 5.91 Å². The zero-order valence-electron chi connectivity index (χ0n) is 9.36. The molecule has 0 aliphatic heterocycles. The van der Waals surface area contributed by atoms with E-state index in [0.717, 1.165) is 0 Å². The molecule has 1 rings (SSSR count). The third-order valence-electron chi connectivity index (χ3n) is 1.96. The van der Waals surface area contributed by atoms with Crippen LogP contribution in [0.4, 0.5) is 5.69 Å². The molecule has 2 amide bonds. The number of carbonyl (C=O) groups is 2. The van der Waals surface area contributed by atoms with Gasteiger partial charge in [-0.05, 0) is 12.1 Å². The first-order chi connectivity index (χ1) is 8.04. The predicted octanol–water partition coefficient (Wildman–Crippen LogP) is 0.0727. The fraction of sp³-hybridized carbons (Fsp3) is 0.273. The Balaban J connectivity index is 2.82. The molecule has 6 nitrogen and oxygen atoms in total. The topological polar surface area (TPSA) is 98.7 Å². The van der Waals surface area contributed by atoms with Gasteiger partial charge in [-0.2, -0.15) is 0 Å². The van der Waals surface area contributed by atoms with E-state index in [0.29, 0.717) is 5.69 Å². The second-order valence-corrected chi connectivity index (χ2v) is 3.39. The molecule has 0 fully saturated rings. The van der Waals surface area contributed by atoms with Crippen molar-refractivity contribution in [3.05, 3.63) is 23.8 Å². The van der Waals surface area contributed by atoms with Gasteiger partial charge in [-0.15, -0.1) is 0 Å². The summed E-state index contributed by atoms with van der Waals surface area (Å²) >= 11 is 0. The minimum Gasteiger partial charge on any atom is -0.507 e. The molecular weight excluding hydrogens is 224 g/mol. The van der Waals surface area contributed by atoms with Crippen molar-refractivity contribution in [3.8, 4) is 5.75 Å². The highest BCUT2D eigenvalue weighted by molar-refractivity contribution is 5.98. The van der Waals surface area contributed by atoms with E-state index in [1.165, 1.54) is 25.1 Å². The van der Waals surface area contributed by atoms with E-state index in [2.05, 4.69) is 10.6 Å². The number of amides is 2. The van der Waals surface area contributed by atoms with Crippen LogP contribution in [-0.4, -0.2) is 35.2 Å². The molecule has 0 aromatic heterocycles. The largest absolute Gasteiger partial charge is 0.507 e. The van der Waals surface area contributed by atoms with Crippen molar-refractivity contribution in [2.45, 2.75) is 6.92 Å². The van der Waals surface area contributed by atoms with Gasteiger partial charge in [-0.1, -0.05) is 0 Å². The minimum absolute atomic E-state index is 0.0903. The zero-order chi connectivity index (χ0) is 12.8. The molecule has 92 valence electrons. The smallest absolute Gasteiger partial charge is 0.255 e. The molecule has 0 aliphatic rings. The van der Waals surface area contributed by atoms with Gasteiger partial charge < -0.3 is 20.8 Å². The zero-order valence-corrected chi connectivity index (χ0v) is 9.36. The highest BCUT2D eigenvalue weighted by Crippen LogP contribution is 2.21. The second-order valence-electron chi connectivity index (χ2n) is 3.39. The van der Waals surface area contributed by atoms with Gasteiger partial charge in [-0.25, -0.2) is 0 Å². The van der Waals surface area contributed by atoms with E-state index < -0.39 is 5.91 Å². The number of carbonyl (C=O) groups excluding carboxylic acids is 2. The number of hydrogen-bond acceptors (Lipinski definition) is 4. The fourth-order valence-electron chi connectivity index (χ4n) is 1.27. The van der Waals surface area contributed by atoms with Crippen molar-refractivity contribution in [2.24, 2.45) is 0 Å². The first-order valence-electron chi connectivity index (χ1n) is 5.04. The lowest BCUT2D eigenvalue weighted by Gasteiger charge is -2.07. The molecule has 6 heteroatoms. The molecule has 0 saturated heterocycles. The molecule has 0 aliphatic carbocycles. The highest BCUT2D eigenvalue weighted by Gasteiger charge is 2.11. The van der Waals surface area contributed by atoms with Crippen LogP contribution in [0.2, 0.25) is 0 Å². The Kier molecular flexibility index (Phi) is 4.47. The van der Waals surface area contributed by atoms with Crippen LogP contribution in [0.1, 0.15) is 17.3 Å². The lowest BCUT2D eigenvalue weighted by atomic mass is 10.1. The molecule has 1 aromatic rings. The van der Waals surface area contributed by atoms with Crippen molar-refractivity contribution < 1.29 is 19.8 Å². The molecule has 0 atom stereocenters. The third kappa shape index (κ3) is 3.76. The van der Waals surface area contributed by atoms with Gasteiger partial charge >= 0.3 is 0 Å². The van der Waals surface area contributed by atoms with Crippen LogP contribution >= 0.6 is 0 Å². The maximum absolute atomic E-state index is 11.5. The van der Waals surface area contributed by atoms with Crippen LogP contribution in [-0.2, 0) is 4.79 Å². The average Bonchev–Trinajstić information content (AvgIpc) is 2.25. The third-order valence-corrected chi connectivity index (χ3v) is 1.96. The number of aliphatic hydroxyl groups excluding tert-OH is 1. The summed E-state index contributed by atoms with van der Waals surface area (Å²) in [4.78, 5) is 22.3. The summed E-state index contributed by atoms with van der Waals surface area (Å²) in [7, 11) is 0. The minimum atomic E-state index is -0.481. The van der Waals surface area contributed by atoms with E-state index in [-0.39, 0.29) is 30.4 Å². The first-order valence-corrected chi connectivity index (χ1v) is 5.04. The highest BCUT2D eigenvalue weighted by atomic mass is 16.3. The molecule has 0 spiro atoms. The molecule has 0 saturated carbocycles. The number of phenols is 1. The number of anilines is 1. The summed E-state index contributed by atoms with van der Waals surface area (Å²) in [5.74, 6) is -0.973. The van der Waals surface area contributed by atoms with Gasteiger partial charge in [0.2, 0.25) is 5.91 Å². The maximum atomic E-state index is 11.5. The van der Waals surface area contributed by atoms with Crippen molar-refractivity contribution in [3.63, 3.8) is 0 Å². The van der Waals surface area contributed by atoms with Crippen LogP contribution in [0.5, 0.6) is 5.75 Å². The fourth-order valence-corrected chi connectivity index (χ4v) is 1.27. The van der Waals surface area contributed by atoms with Gasteiger partial charge in [0, 0.05) is 25.2 Å². The van der Waals surface area contributed by atoms with Gasteiger partial charge in [0.15, 0.2) is 0 Å². The van der Waals surface area contributed by atoms with Gasteiger partial charge in [0.05, 0.1) is 12.2 Å². The average molecular weight is 238 g/mol. The number of rotatable bonds is 4. The lowest BCUT2D eigenvalue weighted by molar-refractivity contribution is -0.114.